The molecule has 134 heavy (non-hydrogen) atoms. The number of aliphatic carboxylic acids is 2. The number of aliphatic hydroxyl groups is 1. The Balaban J connectivity index is 0.000000761. The average Bonchev–Trinajstić information content (AvgIpc) is 0.881. The van der Waals surface area contributed by atoms with E-state index in [-0.39, 0.29) is 36.2 Å². The molecule has 12 nitrogen and oxygen atoms in total. The number of aryl methyl sites for hydroxylation is 5. The second-order valence-corrected chi connectivity index (χ2v) is 38.3. The van der Waals surface area contributed by atoms with Crippen LogP contribution >= 0.6 is 0 Å². The van der Waals surface area contributed by atoms with Crippen molar-refractivity contribution in [2.24, 2.45) is 53.3 Å². The van der Waals surface area contributed by atoms with E-state index in [1.165, 1.54) is 85.7 Å². The van der Waals surface area contributed by atoms with Crippen LogP contribution in [0.15, 0.2) is 224 Å². The molecule has 0 aliphatic carbocycles. The molecule has 0 heterocycles. The van der Waals surface area contributed by atoms with Crippen LogP contribution in [0.4, 0.5) is 17.6 Å². The molecule has 0 saturated carbocycles. The number of carboxylic acids is 2. The second-order valence-electron chi connectivity index (χ2n) is 38.3. The molecule has 16 heteroatoms. The van der Waals surface area contributed by atoms with Crippen LogP contribution in [-0.2, 0) is 117 Å². The summed E-state index contributed by atoms with van der Waals surface area (Å²) in [5.41, 5.74) is 18.4. The minimum Gasteiger partial charge on any atom is -0.496 e. The number of carboxylic acid groups (broad SMARTS) is 2. The van der Waals surface area contributed by atoms with Gasteiger partial charge in [-0.15, -0.1) is 0 Å². The van der Waals surface area contributed by atoms with Crippen LogP contribution < -0.4 is 4.74 Å². The van der Waals surface area contributed by atoms with Gasteiger partial charge in [-0.2, -0.15) is 13.2 Å². The Morgan fingerprint density at radius 1 is 0.321 bits per heavy atom. The van der Waals surface area contributed by atoms with Crippen LogP contribution in [0, 0.1) is 66.0 Å². The summed E-state index contributed by atoms with van der Waals surface area (Å²) in [6.45, 7) is 45.6. The van der Waals surface area contributed by atoms with Gasteiger partial charge in [-0.05, 0) is 285 Å². The molecule has 9 aromatic rings. The van der Waals surface area contributed by atoms with Gasteiger partial charge >= 0.3 is 36.0 Å². The molecule has 9 rings (SSSR count). The highest BCUT2D eigenvalue weighted by Gasteiger charge is 2.32. The van der Waals surface area contributed by atoms with Gasteiger partial charge in [0.25, 0.3) is 0 Å². The van der Waals surface area contributed by atoms with Crippen LogP contribution in [0.3, 0.4) is 0 Å². The first-order valence-electron chi connectivity index (χ1n) is 49.0. The Morgan fingerprint density at radius 3 is 1.06 bits per heavy atom. The maximum atomic E-state index is 12.9. The predicted molar refractivity (Wildman–Crippen MR) is 548 cm³/mol. The molecule has 0 spiro atoms. The van der Waals surface area contributed by atoms with Gasteiger partial charge in [-0.3, -0.25) is 19.2 Å². The fourth-order valence-electron chi connectivity index (χ4n) is 14.5. The lowest BCUT2D eigenvalue weighted by Crippen LogP contribution is -2.25. The number of aliphatic hydroxyl groups excluding tert-OH is 1. The summed E-state index contributed by atoms with van der Waals surface area (Å²) >= 11 is 0. The Labute approximate surface area is 806 Å². The van der Waals surface area contributed by atoms with E-state index < -0.39 is 43.2 Å². The van der Waals surface area contributed by atoms with E-state index in [9.17, 15) is 41.5 Å². The summed E-state index contributed by atoms with van der Waals surface area (Å²) in [6, 6.07) is 75.2. The summed E-state index contributed by atoms with van der Waals surface area (Å²) in [5.74, 6) is 4.46. The first kappa shape index (κ1) is 122. The third kappa shape index (κ3) is 64.7. The van der Waals surface area contributed by atoms with Gasteiger partial charge in [0.2, 0.25) is 0 Å². The van der Waals surface area contributed by atoms with Gasteiger partial charge < -0.3 is 34.3 Å². The normalized spacial score (nSPS) is 11.0. The molecule has 0 aliphatic rings. The standard InChI is InChI=1S/C18H28O2.C16H24O2.C15H19F3O3.C14H20O2.C13H18O2.C11H16O.C11H16.C10H13F.C10H14/c1-4-20-18(19)9-7-5-6-8-16-10-12-17(13-11-16)14-15(2)3;1-4-18-16(17)7-5-6-14-8-10-15(11-9-14)12-13(2)3;1-10(2)7-11-3-5-12(6-4-11)14(20)21-9-13(19)8-15(16,17)18;1-11(2)10-13-7-4-3-6-12(13)8-5-9-14(15)16;1-10(2)9-12-6-4-3-5-11(12)7-8-13(14)15;1-9(2)8-10-6-4-5-7-11(10)12-3;1-9(2)8-11-7-5-4-6-10(11)3;1-8(2)7-9-5-3-4-6-10(9)11;1-9(2)8-10-6-4-3-5-7-10/h10-13,15H,4-9,14H2,1-3H3;8-11,13H,4-7,12H2,1-3H3;3-6,10,13,19H,7-9H2,1-2H3;3-4,6-7,11H,5,8-10H2,1-2H3,(H,15,16);3-6,10H,7-9H2,1-2H3,(H,14,15);4-7,9H,8H2,1-3H3;4-7,9H,8H2,1-3H3;3-6,8H,7H2,1-2H3;3-7,9H,8H2,1-2H3/t;;13-;;;;;;/m..1....../s1. The molecule has 0 aliphatic heterocycles. The Hall–Kier alpha value is -10.2. The van der Waals surface area contributed by atoms with Crippen molar-refractivity contribution < 1.29 is 75.8 Å². The number of halogens is 4. The maximum Gasteiger partial charge on any atom is 0.391 e. The first-order chi connectivity index (χ1) is 63.5. The van der Waals surface area contributed by atoms with E-state index in [1.54, 1.807) is 37.4 Å². The van der Waals surface area contributed by atoms with Gasteiger partial charge in [0.1, 0.15) is 18.2 Å². The first-order valence-corrected chi connectivity index (χ1v) is 49.0. The molecule has 0 unspecified atom stereocenters. The number of carbonyl (C=O) groups is 5. The molecule has 0 radical (unpaired) electrons. The summed E-state index contributed by atoms with van der Waals surface area (Å²) in [5, 5.41) is 26.4. The predicted octanol–water partition coefficient (Wildman–Crippen LogP) is 29.9. The van der Waals surface area contributed by atoms with Crippen molar-refractivity contribution in [1.29, 1.82) is 0 Å². The lowest BCUT2D eigenvalue weighted by molar-refractivity contribution is -0.157. The van der Waals surface area contributed by atoms with Crippen molar-refractivity contribution in [3.8, 4) is 5.75 Å². The highest BCUT2D eigenvalue weighted by Crippen LogP contribution is 2.25. The second kappa shape index (κ2) is 72.3. The molecule has 740 valence electrons. The topological polar surface area (TPSA) is 183 Å². The van der Waals surface area contributed by atoms with E-state index >= 15 is 0 Å². The van der Waals surface area contributed by atoms with Crippen LogP contribution in [0.25, 0.3) is 0 Å². The van der Waals surface area contributed by atoms with Crippen molar-refractivity contribution in [2.45, 2.75) is 305 Å². The van der Waals surface area contributed by atoms with Crippen LogP contribution in [0.2, 0.25) is 0 Å². The molecule has 1 atom stereocenters. The number of alkyl halides is 3. The van der Waals surface area contributed by atoms with E-state index in [4.69, 9.17) is 29.5 Å². The zero-order valence-electron chi connectivity index (χ0n) is 85.5. The number of hydrogen-bond donors (Lipinski definition) is 3. The number of benzene rings is 9. The van der Waals surface area contributed by atoms with E-state index in [2.05, 4.69) is 276 Å². The van der Waals surface area contributed by atoms with Crippen molar-refractivity contribution in [3.63, 3.8) is 0 Å². The number of rotatable bonds is 42. The molecule has 9 aromatic carbocycles. The summed E-state index contributed by atoms with van der Waals surface area (Å²) < 4.78 is 68.7. The Bertz CT molecular complexity index is 4500. The molecule has 0 saturated heterocycles. The molecule has 0 fully saturated rings. The van der Waals surface area contributed by atoms with Gasteiger partial charge in [0, 0.05) is 25.7 Å². The molecule has 0 aromatic heterocycles. The maximum absolute atomic E-state index is 12.9. The minimum atomic E-state index is -4.48. The van der Waals surface area contributed by atoms with Gasteiger partial charge in [-0.1, -0.05) is 331 Å². The summed E-state index contributed by atoms with van der Waals surface area (Å²) in [6.07, 6.45) is 11.8. The Morgan fingerprint density at radius 2 is 0.649 bits per heavy atom. The van der Waals surface area contributed by atoms with Crippen molar-refractivity contribution >= 4 is 29.8 Å². The van der Waals surface area contributed by atoms with E-state index in [0.29, 0.717) is 73.9 Å². The molecule has 0 bridgehead atoms. The average molecular weight is 1850 g/mol. The SMILES string of the molecule is CC(C)Cc1ccc(C(=O)OC[C@H](O)CC(F)(F)F)cc1.CC(C)Cc1ccccc1.CC(C)Cc1ccccc1CCC(=O)O.CC(C)Cc1ccccc1CCCC(=O)O.CC(C)Cc1ccccc1F.CCOC(=O)CCCCCc1ccc(CC(C)C)cc1.CCOC(=O)CCCc1ccc(CC(C)C)cc1.COc1ccccc1CC(C)C.Cc1ccccc1CC(C)C. The van der Waals surface area contributed by atoms with E-state index in [1.807, 2.05) is 62.4 Å². The van der Waals surface area contributed by atoms with Gasteiger partial charge in [0.05, 0.1) is 38.4 Å². The van der Waals surface area contributed by atoms with E-state index in [0.717, 1.165) is 125 Å². The Kier molecular flexibility index (Phi) is 65.7. The number of hydrogen-bond acceptors (Lipinski definition) is 10. The highest BCUT2D eigenvalue weighted by atomic mass is 19.4. The van der Waals surface area contributed by atoms with Crippen molar-refractivity contribution in [1.82, 2.24) is 0 Å². The monoisotopic (exact) mass is 1850 g/mol. The molecular formula is C118H168F4O12. The number of carbonyl (C=O) groups excluding carboxylic acids is 3. The molecular weight excluding hydrogens is 1690 g/mol. The van der Waals surface area contributed by atoms with Crippen LogP contribution in [0.1, 0.15) is 291 Å². The smallest absolute Gasteiger partial charge is 0.391 e. The summed E-state index contributed by atoms with van der Waals surface area (Å²) in [7, 11) is 1.72. The fourth-order valence-corrected chi connectivity index (χ4v) is 14.5. The fraction of sp³-hybridized carbons (Fsp3) is 0.500. The number of ether oxygens (including phenoxy) is 4. The quantitative estimate of drug-likeness (QED) is 0.0143. The molecule has 0 amide bonds. The third-order valence-electron chi connectivity index (χ3n) is 20.6. The third-order valence-corrected chi connectivity index (χ3v) is 20.6. The largest absolute Gasteiger partial charge is 0.496 e. The van der Waals surface area contributed by atoms with Crippen LogP contribution in [0.5, 0.6) is 5.75 Å². The number of methoxy groups -OCH3 is 1. The van der Waals surface area contributed by atoms with Gasteiger partial charge in [-0.25, -0.2) is 9.18 Å². The van der Waals surface area contributed by atoms with Crippen molar-refractivity contribution in [2.75, 3.05) is 26.9 Å². The lowest BCUT2D eigenvalue weighted by Gasteiger charge is -2.13. The lowest BCUT2D eigenvalue weighted by atomic mass is 9.95. The zero-order valence-corrected chi connectivity index (χ0v) is 85.5. The number of unbranched alkanes of at least 4 members (excludes halogenated alkanes) is 2. The highest BCUT2D eigenvalue weighted by molar-refractivity contribution is 5.89. The minimum absolute atomic E-state index is 0.0643. The van der Waals surface area contributed by atoms with Gasteiger partial charge in [0.15, 0.2) is 0 Å². The molecule has 3 N–H and O–H groups in total. The number of para-hydroxylation sites is 1. The zero-order chi connectivity index (χ0) is 100. The van der Waals surface area contributed by atoms with Crippen LogP contribution in [-0.4, -0.2) is 84.4 Å². The summed E-state index contributed by atoms with van der Waals surface area (Å²) in [4.78, 5) is 55.0. The van der Waals surface area contributed by atoms with Crippen molar-refractivity contribution in [3.05, 3.63) is 314 Å². The number of esters is 3.